The van der Waals surface area contributed by atoms with E-state index in [1.54, 1.807) is 7.11 Å². The van der Waals surface area contributed by atoms with Gasteiger partial charge < -0.3 is 9.47 Å². The number of fused-ring (bicyclic) bond motifs is 1. The Kier molecular flexibility index (Phi) is 3.22. The van der Waals surface area contributed by atoms with E-state index in [1.807, 2.05) is 16.8 Å². The summed E-state index contributed by atoms with van der Waals surface area (Å²) in [7, 11) is 1.61. The number of methoxy groups -OCH3 is 1. The van der Waals surface area contributed by atoms with Gasteiger partial charge in [-0.3, -0.25) is 4.40 Å². The molecule has 0 saturated carbocycles. The fourth-order valence-corrected chi connectivity index (χ4v) is 2.65. The van der Waals surface area contributed by atoms with Gasteiger partial charge in [-0.1, -0.05) is 0 Å². The van der Waals surface area contributed by atoms with Crippen molar-refractivity contribution in [2.75, 3.05) is 20.3 Å². The van der Waals surface area contributed by atoms with Crippen LogP contribution in [0.25, 0.3) is 5.65 Å². The average Bonchev–Trinajstić information content (AvgIpc) is 2.97. The van der Waals surface area contributed by atoms with E-state index in [9.17, 15) is 0 Å². The zero-order valence-electron chi connectivity index (χ0n) is 10.1. The maximum absolute atomic E-state index is 5.39. The summed E-state index contributed by atoms with van der Waals surface area (Å²) in [5.74, 6) is 1.12. The molecular weight excluding hydrogens is 298 g/mol. The van der Waals surface area contributed by atoms with E-state index in [2.05, 4.69) is 25.9 Å². The number of hydrogen-bond donors (Lipinski definition) is 0. The minimum absolute atomic E-state index is 0.540. The molecule has 6 heteroatoms. The highest BCUT2D eigenvalue weighted by Gasteiger charge is 2.18. The number of rotatable bonds is 3. The average molecular weight is 312 g/mol. The van der Waals surface area contributed by atoms with Crippen LogP contribution in [0.4, 0.5) is 0 Å². The Bertz CT molecular complexity index is 564. The highest BCUT2D eigenvalue weighted by atomic mass is 79.9. The summed E-state index contributed by atoms with van der Waals surface area (Å²) in [5, 5.41) is 0. The summed E-state index contributed by atoms with van der Waals surface area (Å²) in [6.07, 6.45) is 5.98. The molecule has 0 amide bonds. The van der Waals surface area contributed by atoms with Gasteiger partial charge >= 0.3 is 0 Å². The standard InChI is InChI=1S/C12H14BrN3O2/c1-17-12-11-14-9(4-8-2-3-18-7-8)5-16(11)6-10(13)15-12/h5-6,8H,2-4,7H2,1H3. The van der Waals surface area contributed by atoms with E-state index in [1.165, 1.54) is 0 Å². The first kappa shape index (κ1) is 11.9. The third kappa shape index (κ3) is 2.22. The molecule has 1 aliphatic heterocycles. The molecule has 0 bridgehead atoms. The fraction of sp³-hybridized carbons (Fsp3) is 0.500. The van der Waals surface area contributed by atoms with Crippen molar-refractivity contribution < 1.29 is 9.47 Å². The van der Waals surface area contributed by atoms with Gasteiger partial charge in [0, 0.05) is 25.6 Å². The quantitative estimate of drug-likeness (QED) is 0.871. The highest BCUT2D eigenvalue weighted by molar-refractivity contribution is 9.10. The van der Waals surface area contributed by atoms with Crippen molar-refractivity contribution in [3.05, 3.63) is 22.7 Å². The zero-order chi connectivity index (χ0) is 12.5. The van der Waals surface area contributed by atoms with Crippen LogP contribution in [0.2, 0.25) is 0 Å². The monoisotopic (exact) mass is 311 g/mol. The number of hydrogen-bond acceptors (Lipinski definition) is 4. The van der Waals surface area contributed by atoms with E-state index in [0.717, 1.165) is 42.0 Å². The SMILES string of the molecule is COc1nc(Br)cn2cc(CC3CCOC3)nc12. The molecule has 1 saturated heterocycles. The lowest BCUT2D eigenvalue weighted by Crippen LogP contribution is -2.03. The van der Waals surface area contributed by atoms with Gasteiger partial charge in [0.2, 0.25) is 5.65 Å². The van der Waals surface area contributed by atoms with E-state index < -0.39 is 0 Å². The summed E-state index contributed by atoms with van der Waals surface area (Å²) in [5.41, 5.74) is 1.82. The molecule has 96 valence electrons. The van der Waals surface area contributed by atoms with E-state index in [-0.39, 0.29) is 0 Å². The second-order valence-electron chi connectivity index (χ2n) is 4.47. The Labute approximate surface area is 113 Å². The Hall–Kier alpha value is -1.14. The number of aromatic nitrogens is 3. The number of imidazole rings is 1. The summed E-state index contributed by atoms with van der Waals surface area (Å²) in [6, 6.07) is 0. The predicted molar refractivity (Wildman–Crippen MR) is 69.9 cm³/mol. The second kappa shape index (κ2) is 4.85. The van der Waals surface area contributed by atoms with Gasteiger partial charge in [-0.25, -0.2) is 9.97 Å². The van der Waals surface area contributed by atoms with Gasteiger partial charge in [0.05, 0.1) is 12.8 Å². The first-order valence-corrected chi connectivity index (χ1v) is 6.71. The summed E-state index contributed by atoms with van der Waals surface area (Å²) in [4.78, 5) is 8.84. The molecular formula is C12H14BrN3O2. The van der Waals surface area contributed by atoms with Crippen molar-refractivity contribution in [2.24, 2.45) is 5.92 Å². The lowest BCUT2D eigenvalue weighted by atomic mass is 10.0. The molecule has 1 aliphatic rings. The van der Waals surface area contributed by atoms with Crippen LogP contribution in [0.15, 0.2) is 17.0 Å². The summed E-state index contributed by atoms with van der Waals surface area (Å²) in [6.45, 7) is 1.71. The van der Waals surface area contributed by atoms with Crippen LogP contribution in [0.1, 0.15) is 12.1 Å². The molecule has 1 unspecified atom stereocenters. The fourth-order valence-electron chi connectivity index (χ4n) is 2.27. The topological polar surface area (TPSA) is 48.7 Å². The van der Waals surface area contributed by atoms with E-state index >= 15 is 0 Å². The third-order valence-corrected chi connectivity index (χ3v) is 3.52. The molecule has 5 nitrogen and oxygen atoms in total. The van der Waals surface area contributed by atoms with Crippen LogP contribution in [-0.4, -0.2) is 34.7 Å². The third-order valence-electron chi connectivity index (χ3n) is 3.14. The Morgan fingerprint density at radius 3 is 3.11 bits per heavy atom. The zero-order valence-corrected chi connectivity index (χ0v) is 11.7. The summed E-state index contributed by atoms with van der Waals surface area (Å²) < 4.78 is 13.3. The highest BCUT2D eigenvalue weighted by Crippen LogP contribution is 2.23. The van der Waals surface area contributed by atoms with Gasteiger partial charge in [0.25, 0.3) is 5.88 Å². The molecule has 0 aliphatic carbocycles. The first-order valence-electron chi connectivity index (χ1n) is 5.92. The van der Waals surface area contributed by atoms with E-state index in [0.29, 0.717) is 11.8 Å². The van der Waals surface area contributed by atoms with Crippen LogP contribution in [-0.2, 0) is 11.2 Å². The minimum Gasteiger partial charge on any atom is -0.478 e. The Morgan fingerprint density at radius 1 is 1.50 bits per heavy atom. The number of halogens is 1. The Balaban J connectivity index is 1.94. The van der Waals surface area contributed by atoms with Crippen LogP contribution in [0.3, 0.4) is 0 Å². The lowest BCUT2D eigenvalue weighted by Gasteiger charge is -2.02. The van der Waals surface area contributed by atoms with Gasteiger partial charge in [0.1, 0.15) is 4.60 Å². The van der Waals surface area contributed by atoms with Crippen molar-refractivity contribution >= 4 is 21.6 Å². The molecule has 0 spiro atoms. The first-order chi connectivity index (χ1) is 8.76. The van der Waals surface area contributed by atoms with Crippen LogP contribution in [0, 0.1) is 5.92 Å². The maximum atomic E-state index is 5.39. The molecule has 2 aromatic rings. The van der Waals surface area contributed by atoms with Crippen LogP contribution >= 0.6 is 15.9 Å². The van der Waals surface area contributed by atoms with E-state index in [4.69, 9.17) is 9.47 Å². The van der Waals surface area contributed by atoms with Gasteiger partial charge in [-0.15, -0.1) is 0 Å². The van der Waals surface area contributed by atoms with Crippen LogP contribution in [0.5, 0.6) is 5.88 Å². The van der Waals surface area contributed by atoms with Crippen molar-refractivity contribution in [1.82, 2.24) is 14.4 Å². The van der Waals surface area contributed by atoms with Gasteiger partial charge in [0.15, 0.2) is 0 Å². The number of ether oxygens (including phenoxy) is 2. The largest absolute Gasteiger partial charge is 0.478 e. The molecule has 18 heavy (non-hydrogen) atoms. The molecule has 0 N–H and O–H groups in total. The smallest absolute Gasteiger partial charge is 0.259 e. The van der Waals surface area contributed by atoms with Gasteiger partial charge in [-0.2, -0.15) is 0 Å². The molecule has 1 atom stereocenters. The van der Waals surface area contributed by atoms with Gasteiger partial charge in [-0.05, 0) is 34.7 Å². The summed E-state index contributed by atoms with van der Waals surface area (Å²) >= 11 is 3.36. The van der Waals surface area contributed by atoms with Crippen LogP contribution < -0.4 is 4.74 Å². The Morgan fingerprint density at radius 2 is 2.39 bits per heavy atom. The second-order valence-corrected chi connectivity index (χ2v) is 5.28. The molecule has 2 aromatic heterocycles. The normalized spacial score (nSPS) is 19.6. The molecule has 3 heterocycles. The van der Waals surface area contributed by atoms with Crippen molar-refractivity contribution in [1.29, 1.82) is 0 Å². The molecule has 0 aromatic carbocycles. The van der Waals surface area contributed by atoms with Crippen molar-refractivity contribution in [2.45, 2.75) is 12.8 Å². The molecule has 1 fully saturated rings. The lowest BCUT2D eigenvalue weighted by molar-refractivity contribution is 0.185. The maximum Gasteiger partial charge on any atom is 0.259 e. The van der Waals surface area contributed by atoms with Crippen molar-refractivity contribution in [3.8, 4) is 5.88 Å². The predicted octanol–water partition coefficient (Wildman–Crippen LogP) is 2.08. The van der Waals surface area contributed by atoms with Crippen molar-refractivity contribution in [3.63, 3.8) is 0 Å². The minimum atomic E-state index is 0.540. The molecule has 0 radical (unpaired) electrons. The molecule has 3 rings (SSSR count). The number of nitrogens with zero attached hydrogens (tertiary/aromatic N) is 3.